The number of benzene rings is 1. The van der Waals surface area contributed by atoms with Crippen molar-refractivity contribution in [3.8, 4) is 0 Å². The summed E-state index contributed by atoms with van der Waals surface area (Å²) >= 11 is 12.4. The lowest BCUT2D eigenvalue weighted by atomic mass is 10.0. The second-order valence-corrected chi connectivity index (χ2v) is 5.14. The van der Waals surface area contributed by atoms with E-state index in [0.29, 0.717) is 16.5 Å². The number of hydrogen-bond acceptors (Lipinski definition) is 3. The molecule has 0 aliphatic heterocycles. The second kappa shape index (κ2) is 6.33. The van der Waals surface area contributed by atoms with E-state index in [-0.39, 0.29) is 6.04 Å². The number of likely N-dealkylation sites (N-methyl/N-ethyl adjacent to an activating group) is 1. The SMILES string of the molecule is CNC(Cc1c(Cl)cccc1Cl)c1cnc(C)cn1. The summed E-state index contributed by atoms with van der Waals surface area (Å²) < 4.78 is 0. The van der Waals surface area contributed by atoms with Crippen LogP contribution in [-0.4, -0.2) is 17.0 Å². The van der Waals surface area contributed by atoms with Gasteiger partial charge in [0, 0.05) is 16.2 Å². The fourth-order valence-corrected chi connectivity index (χ4v) is 2.42. The lowest BCUT2D eigenvalue weighted by molar-refractivity contribution is 0.572. The Hall–Kier alpha value is -1.16. The third kappa shape index (κ3) is 3.44. The Kier molecular flexibility index (Phi) is 4.75. The van der Waals surface area contributed by atoms with E-state index in [4.69, 9.17) is 23.2 Å². The fourth-order valence-electron chi connectivity index (χ4n) is 1.87. The molecule has 1 N–H and O–H groups in total. The van der Waals surface area contributed by atoms with Crippen LogP contribution >= 0.6 is 23.2 Å². The summed E-state index contributed by atoms with van der Waals surface area (Å²) in [6, 6.07) is 5.56. The van der Waals surface area contributed by atoms with Crippen LogP contribution in [0.1, 0.15) is 23.0 Å². The standard InChI is InChI=1S/C14H15Cl2N3/c1-9-7-19-14(8-18-9)13(17-2)6-10-11(15)4-3-5-12(10)16/h3-5,7-8,13,17H,6H2,1-2H3. The first-order valence-corrected chi connectivity index (χ1v) is 6.76. The first kappa shape index (κ1) is 14.3. The fraction of sp³-hybridized carbons (Fsp3) is 0.286. The molecule has 0 bridgehead atoms. The molecule has 0 saturated carbocycles. The second-order valence-electron chi connectivity index (χ2n) is 4.33. The van der Waals surface area contributed by atoms with Crippen molar-refractivity contribution in [1.82, 2.24) is 15.3 Å². The molecule has 19 heavy (non-hydrogen) atoms. The van der Waals surface area contributed by atoms with Crippen LogP contribution in [-0.2, 0) is 6.42 Å². The average Bonchev–Trinajstić information content (AvgIpc) is 2.40. The normalized spacial score (nSPS) is 12.4. The summed E-state index contributed by atoms with van der Waals surface area (Å²) in [7, 11) is 1.89. The molecule has 0 radical (unpaired) electrons. The number of nitrogens with zero attached hydrogens (tertiary/aromatic N) is 2. The highest BCUT2D eigenvalue weighted by atomic mass is 35.5. The van der Waals surface area contributed by atoms with Gasteiger partial charge in [0.2, 0.25) is 0 Å². The van der Waals surface area contributed by atoms with Crippen molar-refractivity contribution < 1.29 is 0 Å². The van der Waals surface area contributed by atoms with Crippen LogP contribution in [0.25, 0.3) is 0 Å². The van der Waals surface area contributed by atoms with E-state index in [1.165, 1.54) is 0 Å². The number of halogens is 2. The minimum atomic E-state index is 0.0329. The molecule has 1 atom stereocenters. The molecule has 3 nitrogen and oxygen atoms in total. The van der Waals surface area contributed by atoms with E-state index in [0.717, 1.165) is 17.0 Å². The Labute approximate surface area is 123 Å². The molecular formula is C14H15Cl2N3. The quantitative estimate of drug-likeness (QED) is 0.937. The van der Waals surface area contributed by atoms with Gasteiger partial charge in [-0.1, -0.05) is 29.3 Å². The van der Waals surface area contributed by atoms with Crippen LogP contribution < -0.4 is 5.32 Å². The van der Waals surface area contributed by atoms with E-state index in [1.807, 2.05) is 32.2 Å². The molecule has 1 unspecified atom stereocenters. The van der Waals surface area contributed by atoms with Crippen LogP contribution in [0.2, 0.25) is 10.0 Å². The molecule has 1 aromatic carbocycles. The van der Waals surface area contributed by atoms with Gasteiger partial charge in [-0.05, 0) is 38.1 Å². The van der Waals surface area contributed by atoms with Crippen molar-refractivity contribution in [3.05, 3.63) is 57.6 Å². The Bertz CT molecular complexity index is 535. The lowest BCUT2D eigenvalue weighted by Crippen LogP contribution is -2.20. The van der Waals surface area contributed by atoms with Crippen molar-refractivity contribution in [2.75, 3.05) is 7.05 Å². The number of aromatic nitrogens is 2. The maximum atomic E-state index is 6.20. The molecule has 5 heteroatoms. The third-order valence-corrected chi connectivity index (χ3v) is 3.68. The van der Waals surface area contributed by atoms with Gasteiger partial charge in [0.15, 0.2) is 0 Å². The Morgan fingerprint density at radius 2 is 1.84 bits per heavy atom. The summed E-state index contributed by atoms with van der Waals surface area (Å²) in [5.74, 6) is 0. The Balaban J connectivity index is 2.26. The molecule has 1 aromatic heterocycles. The molecule has 2 rings (SSSR count). The van der Waals surface area contributed by atoms with E-state index in [1.54, 1.807) is 12.4 Å². The van der Waals surface area contributed by atoms with Gasteiger partial charge in [-0.3, -0.25) is 9.97 Å². The minimum Gasteiger partial charge on any atom is -0.311 e. The van der Waals surface area contributed by atoms with Crippen molar-refractivity contribution in [3.63, 3.8) is 0 Å². The predicted molar refractivity (Wildman–Crippen MR) is 78.7 cm³/mol. The van der Waals surface area contributed by atoms with E-state index >= 15 is 0 Å². The largest absolute Gasteiger partial charge is 0.311 e. The number of aryl methyl sites for hydroxylation is 1. The molecule has 0 amide bonds. The third-order valence-electron chi connectivity index (χ3n) is 2.98. The maximum absolute atomic E-state index is 6.20. The van der Waals surface area contributed by atoms with Crippen molar-refractivity contribution in [2.24, 2.45) is 0 Å². The topological polar surface area (TPSA) is 37.8 Å². The molecule has 100 valence electrons. The van der Waals surface area contributed by atoms with Crippen molar-refractivity contribution in [1.29, 1.82) is 0 Å². The van der Waals surface area contributed by atoms with Gasteiger partial charge >= 0.3 is 0 Å². The maximum Gasteiger partial charge on any atom is 0.0759 e. The van der Waals surface area contributed by atoms with Gasteiger partial charge in [0.05, 0.1) is 23.6 Å². The van der Waals surface area contributed by atoms with Crippen LogP contribution in [0.15, 0.2) is 30.6 Å². The van der Waals surface area contributed by atoms with Gasteiger partial charge < -0.3 is 5.32 Å². The van der Waals surface area contributed by atoms with Crippen LogP contribution in [0.3, 0.4) is 0 Å². The lowest BCUT2D eigenvalue weighted by Gasteiger charge is -2.17. The van der Waals surface area contributed by atoms with E-state index in [2.05, 4.69) is 15.3 Å². The summed E-state index contributed by atoms with van der Waals surface area (Å²) in [5.41, 5.74) is 2.70. The van der Waals surface area contributed by atoms with Gasteiger partial charge in [0.25, 0.3) is 0 Å². The van der Waals surface area contributed by atoms with Gasteiger partial charge in [0.1, 0.15) is 0 Å². The zero-order valence-electron chi connectivity index (χ0n) is 10.8. The Morgan fingerprint density at radius 3 is 2.37 bits per heavy atom. The summed E-state index contributed by atoms with van der Waals surface area (Å²) in [6.45, 7) is 1.91. The first-order chi connectivity index (χ1) is 9.11. The summed E-state index contributed by atoms with van der Waals surface area (Å²) in [6.07, 6.45) is 4.21. The van der Waals surface area contributed by atoms with Crippen molar-refractivity contribution >= 4 is 23.2 Å². The van der Waals surface area contributed by atoms with Gasteiger partial charge in [-0.2, -0.15) is 0 Å². The highest BCUT2D eigenvalue weighted by Gasteiger charge is 2.15. The molecule has 0 spiro atoms. The van der Waals surface area contributed by atoms with E-state index < -0.39 is 0 Å². The average molecular weight is 296 g/mol. The van der Waals surface area contributed by atoms with Gasteiger partial charge in [-0.25, -0.2) is 0 Å². The minimum absolute atomic E-state index is 0.0329. The zero-order chi connectivity index (χ0) is 13.8. The molecular weight excluding hydrogens is 281 g/mol. The Morgan fingerprint density at radius 1 is 1.16 bits per heavy atom. The van der Waals surface area contributed by atoms with Gasteiger partial charge in [-0.15, -0.1) is 0 Å². The van der Waals surface area contributed by atoms with E-state index in [9.17, 15) is 0 Å². The molecule has 2 aromatic rings. The predicted octanol–water partition coefficient (Wildman–Crippen LogP) is 3.60. The number of rotatable bonds is 4. The number of nitrogens with one attached hydrogen (secondary N) is 1. The van der Waals surface area contributed by atoms with Crippen molar-refractivity contribution in [2.45, 2.75) is 19.4 Å². The van der Waals surface area contributed by atoms with Crippen LogP contribution in [0, 0.1) is 6.92 Å². The highest BCUT2D eigenvalue weighted by molar-refractivity contribution is 6.36. The summed E-state index contributed by atoms with van der Waals surface area (Å²) in [4.78, 5) is 8.66. The molecule has 0 aliphatic carbocycles. The van der Waals surface area contributed by atoms with Crippen LogP contribution in [0.4, 0.5) is 0 Å². The first-order valence-electron chi connectivity index (χ1n) is 6.00. The number of hydrogen-bond donors (Lipinski definition) is 1. The van der Waals surface area contributed by atoms with Crippen LogP contribution in [0.5, 0.6) is 0 Å². The monoisotopic (exact) mass is 295 g/mol. The molecule has 0 saturated heterocycles. The summed E-state index contributed by atoms with van der Waals surface area (Å²) in [5, 5.41) is 4.57. The molecule has 1 heterocycles. The molecule has 0 fully saturated rings. The zero-order valence-corrected chi connectivity index (χ0v) is 12.3. The molecule has 0 aliphatic rings. The smallest absolute Gasteiger partial charge is 0.0759 e. The highest BCUT2D eigenvalue weighted by Crippen LogP contribution is 2.28.